The number of hydrogen-bond acceptors (Lipinski definition) is 11. The summed E-state index contributed by atoms with van der Waals surface area (Å²) in [6.45, 7) is 7.14. The smallest absolute Gasteiger partial charge is 0.504 e. The van der Waals surface area contributed by atoms with Gasteiger partial charge in [0.25, 0.3) is 0 Å². The molecule has 0 aromatic heterocycles. The fourth-order valence-electron chi connectivity index (χ4n) is 7.42. The zero-order valence-electron chi connectivity index (χ0n) is 28.4. The molecule has 0 saturated heterocycles. The van der Waals surface area contributed by atoms with Crippen molar-refractivity contribution >= 4 is 18.1 Å². The first kappa shape index (κ1) is 34.4. The molecular weight excluding hydrogens is 640 g/mol. The molecule has 0 spiro atoms. The van der Waals surface area contributed by atoms with Crippen LogP contribution >= 0.6 is 0 Å². The number of phenolic OH excluding ortho intramolecular Hbond substituents is 1. The van der Waals surface area contributed by atoms with Gasteiger partial charge in [0.05, 0.1) is 19.2 Å². The fraction of sp³-hybridized carbons (Fsp3) is 0.342. The molecule has 0 radical (unpaired) electrons. The van der Waals surface area contributed by atoms with Gasteiger partial charge in [-0.15, -0.1) is 0 Å². The summed E-state index contributed by atoms with van der Waals surface area (Å²) in [4.78, 5) is 28.3. The van der Waals surface area contributed by atoms with Crippen molar-refractivity contribution in [3.05, 3.63) is 94.1 Å². The van der Waals surface area contributed by atoms with Crippen molar-refractivity contribution in [2.75, 3.05) is 34.1 Å². The predicted molar refractivity (Wildman–Crippen MR) is 184 cm³/mol. The van der Waals surface area contributed by atoms with E-state index in [2.05, 4.69) is 23.3 Å². The van der Waals surface area contributed by atoms with Crippen LogP contribution in [0.5, 0.6) is 28.7 Å². The molecule has 50 heavy (non-hydrogen) atoms. The molecule has 0 aliphatic carbocycles. The van der Waals surface area contributed by atoms with Crippen molar-refractivity contribution in [2.45, 2.75) is 50.9 Å². The van der Waals surface area contributed by atoms with Gasteiger partial charge in [-0.3, -0.25) is 9.69 Å². The Balaban J connectivity index is 1.55. The van der Waals surface area contributed by atoms with Crippen LogP contribution in [0.4, 0.5) is 4.79 Å². The van der Waals surface area contributed by atoms with E-state index >= 15 is 0 Å². The molecule has 0 saturated carbocycles. The number of aryl methyl sites for hydroxylation is 1. The Bertz CT molecular complexity index is 1890. The largest absolute Gasteiger partial charge is 0.514 e. The predicted octanol–water partition coefficient (Wildman–Crippen LogP) is 4.95. The number of nitrogens with zero attached hydrogens (tertiary/aromatic N) is 2. The van der Waals surface area contributed by atoms with E-state index in [9.17, 15) is 20.0 Å². The van der Waals surface area contributed by atoms with Crippen LogP contribution in [-0.2, 0) is 22.4 Å². The van der Waals surface area contributed by atoms with Gasteiger partial charge in [0, 0.05) is 47.0 Å². The molecule has 3 aromatic rings. The van der Waals surface area contributed by atoms with Crippen LogP contribution in [0.25, 0.3) is 6.08 Å². The lowest BCUT2D eigenvalue weighted by molar-refractivity contribution is -0.116. The van der Waals surface area contributed by atoms with E-state index in [-0.39, 0.29) is 49.8 Å². The maximum absolute atomic E-state index is 13.3. The summed E-state index contributed by atoms with van der Waals surface area (Å²) in [5.74, 6) is 0.998. The maximum Gasteiger partial charge on any atom is 0.514 e. The Labute approximate surface area is 290 Å². The third-order valence-corrected chi connectivity index (χ3v) is 9.54. The number of rotatable bonds is 9. The number of aromatic hydroxyl groups is 1. The van der Waals surface area contributed by atoms with Crippen LogP contribution in [0.15, 0.2) is 55.1 Å². The molecule has 260 valence electrons. The molecule has 3 heterocycles. The Morgan fingerprint density at radius 2 is 1.90 bits per heavy atom. The molecule has 0 fully saturated rings. The zero-order valence-corrected chi connectivity index (χ0v) is 28.4. The Morgan fingerprint density at radius 1 is 1.14 bits per heavy atom. The molecule has 6 rings (SSSR count). The van der Waals surface area contributed by atoms with E-state index in [1.165, 1.54) is 19.3 Å². The molecule has 0 unspecified atom stereocenters. The summed E-state index contributed by atoms with van der Waals surface area (Å²) in [6.07, 6.45) is 4.31. The second kappa shape index (κ2) is 14.5. The van der Waals surface area contributed by atoms with Gasteiger partial charge in [0.15, 0.2) is 23.0 Å². The third kappa shape index (κ3) is 6.21. The Hall–Kier alpha value is -5.51. The van der Waals surface area contributed by atoms with E-state index in [4.69, 9.17) is 23.7 Å². The monoisotopic (exact) mass is 680 g/mol. The van der Waals surface area contributed by atoms with Crippen LogP contribution in [0, 0.1) is 25.2 Å². The lowest BCUT2D eigenvalue weighted by Crippen LogP contribution is -2.54. The number of carbonyl (C=O) groups is 2. The molecule has 12 nitrogen and oxygen atoms in total. The number of benzene rings is 3. The van der Waals surface area contributed by atoms with E-state index in [0.29, 0.717) is 45.9 Å². The molecular formula is C38H40N4O8. The first-order valence-corrected chi connectivity index (χ1v) is 16.4. The molecule has 3 aliphatic heterocycles. The summed E-state index contributed by atoms with van der Waals surface area (Å²) >= 11 is 0. The van der Waals surface area contributed by atoms with Crippen molar-refractivity contribution in [3.8, 4) is 34.8 Å². The minimum absolute atomic E-state index is 0.0340. The quantitative estimate of drug-likeness (QED) is 0.122. The van der Waals surface area contributed by atoms with Gasteiger partial charge in [-0.2, -0.15) is 5.26 Å². The van der Waals surface area contributed by atoms with Gasteiger partial charge in [-0.05, 0) is 56.5 Å². The molecule has 1 amide bonds. The molecule has 3 N–H and O–H groups in total. The van der Waals surface area contributed by atoms with E-state index in [1.54, 1.807) is 20.0 Å². The Morgan fingerprint density at radius 3 is 2.60 bits per heavy atom. The number of ether oxygens (including phenoxy) is 5. The fourth-order valence-corrected chi connectivity index (χ4v) is 7.42. The van der Waals surface area contributed by atoms with Gasteiger partial charge >= 0.3 is 6.16 Å². The van der Waals surface area contributed by atoms with E-state index < -0.39 is 24.3 Å². The number of nitrogens with one attached hydrogen (secondary N) is 2. The van der Waals surface area contributed by atoms with Gasteiger partial charge in [-0.1, -0.05) is 49.1 Å². The highest BCUT2D eigenvalue weighted by Gasteiger charge is 2.50. The number of likely N-dealkylation sites (N-methyl/N-ethyl adjacent to an activating group) is 1. The van der Waals surface area contributed by atoms with E-state index in [1.807, 2.05) is 48.2 Å². The highest BCUT2D eigenvalue weighted by molar-refractivity contribution is 5.91. The second-order valence-corrected chi connectivity index (χ2v) is 12.4. The van der Waals surface area contributed by atoms with Gasteiger partial charge < -0.3 is 39.4 Å². The summed E-state index contributed by atoms with van der Waals surface area (Å²) < 4.78 is 28.8. The summed E-state index contributed by atoms with van der Waals surface area (Å²) in [5.41, 5.74) is 4.78. The van der Waals surface area contributed by atoms with Gasteiger partial charge in [0.1, 0.15) is 18.4 Å². The minimum Gasteiger partial charge on any atom is -0.504 e. The maximum atomic E-state index is 13.3. The van der Waals surface area contributed by atoms with Crippen molar-refractivity contribution in [3.63, 3.8) is 0 Å². The highest BCUT2D eigenvalue weighted by atomic mass is 16.7. The Kier molecular flexibility index (Phi) is 9.99. The molecule has 3 aromatic carbocycles. The standard InChI is InChI=1S/C38H40N4O8/c1-6-14-47-38(45)50-35-22(3)36-37(49-20-48-36)32-25(35)17-27-31-24(15-21(2)34(46-5)33(31)44)16-26(40-4)28(18-39)42(27)29(32)19-41-30(43)13-12-23-10-8-7-9-11-23/h6-13,15,26-29,40,44H,1,14,16-17,19-20H2,2-5H3,(H,41,43)/b13-12+/t26-,27-,28-,29-/m0/s1. The van der Waals surface area contributed by atoms with Gasteiger partial charge in [-0.25, -0.2) is 4.79 Å². The van der Waals surface area contributed by atoms with Crippen molar-refractivity contribution in [2.24, 2.45) is 0 Å². The highest BCUT2D eigenvalue weighted by Crippen LogP contribution is 2.57. The number of phenols is 1. The number of amides is 1. The summed E-state index contributed by atoms with van der Waals surface area (Å²) in [6, 6.07) is 11.5. The first-order valence-electron chi connectivity index (χ1n) is 16.4. The van der Waals surface area contributed by atoms with Crippen LogP contribution in [0.1, 0.15) is 51.0 Å². The molecule has 4 atom stereocenters. The van der Waals surface area contributed by atoms with Crippen molar-refractivity contribution in [1.29, 1.82) is 5.26 Å². The average Bonchev–Trinajstić information content (AvgIpc) is 3.56. The zero-order chi connectivity index (χ0) is 35.5. The lowest BCUT2D eigenvalue weighted by Gasteiger charge is -2.46. The number of carbonyl (C=O) groups excluding carboxylic acids is 2. The lowest BCUT2D eigenvalue weighted by atomic mass is 9.81. The molecule has 0 bridgehead atoms. The SMILES string of the molecule is C=CCOC(=O)Oc1c(C)c2c(c3c1C[C@H]1c4c(cc(C)c(OC)c4O)C[C@H](NC)[C@H](C#N)N1[C@H]3CNC(=O)/C=C/c1ccccc1)OCO2. The third-order valence-electron chi connectivity index (χ3n) is 9.54. The molecule has 12 heteroatoms. The van der Waals surface area contributed by atoms with Crippen LogP contribution < -0.4 is 29.6 Å². The minimum atomic E-state index is -0.932. The van der Waals surface area contributed by atoms with E-state index in [0.717, 1.165) is 16.7 Å². The second-order valence-electron chi connectivity index (χ2n) is 12.4. The van der Waals surface area contributed by atoms with Crippen LogP contribution in [-0.4, -0.2) is 68.3 Å². The van der Waals surface area contributed by atoms with Crippen molar-refractivity contribution in [1.82, 2.24) is 15.5 Å². The number of hydrogen-bond donors (Lipinski definition) is 3. The van der Waals surface area contributed by atoms with Gasteiger partial charge in [0.2, 0.25) is 12.7 Å². The normalized spacial score (nSPS) is 20.5. The number of fused-ring (bicyclic) bond motifs is 6. The molecule has 3 aliphatic rings. The van der Waals surface area contributed by atoms with Crippen LogP contribution in [0.3, 0.4) is 0 Å². The number of methoxy groups -OCH3 is 1. The summed E-state index contributed by atoms with van der Waals surface area (Å²) in [7, 11) is 3.30. The first-order chi connectivity index (χ1) is 24.2. The van der Waals surface area contributed by atoms with Crippen molar-refractivity contribution < 1.29 is 38.4 Å². The topological polar surface area (TPSA) is 152 Å². The number of nitriles is 1. The van der Waals surface area contributed by atoms with Crippen LogP contribution in [0.2, 0.25) is 0 Å². The summed E-state index contributed by atoms with van der Waals surface area (Å²) in [5, 5.41) is 29.1. The average molecular weight is 681 g/mol.